The van der Waals surface area contributed by atoms with Crippen molar-refractivity contribution in [2.75, 3.05) is 0 Å². The van der Waals surface area contributed by atoms with E-state index in [-0.39, 0.29) is 0 Å². The van der Waals surface area contributed by atoms with Gasteiger partial charge in [-0.2, -0.15) is 0 Å². The quantitative estimate of drug-likeness (QED) is 0.636. The zero-order chi connectivity index (χ0) is 11.6. The van der Waals surface area contributed by atoms with Crippen molar-refractivity contribution in [3.8, 4) is 0 Å². The molecule has 1 aliphatic rings. The van der Waals surface area contributed by atoms with Crippen LogP contribution in [0.4, 0.5) is 0 Å². The highest BCUT2D eigenvalue weighted by atomic mass is 16.6. The first-order valence-corrected chi connectivity index (χ1v) is 7.16. The number of aliphatic hydroxyl groups excluding tert-OH is 1. The van der Waals surface area contributed by atoms with Crippen LogP contribution in [-0.2, 0) is 4.74 Å². The monoisotopic (exact) mass is 228 g/mol. The molecule has 0 radical (unpaired) electrons. The van der Waals surface area contributed by atoms with Gasteiger partial charge in [0.1, 0.15) is 0 Å². The molecule has 2 nitrogen and oxygen atoms in total. The van der Waals surface area contributed by atoms with Gasteiger partial charge in [-0.1, -0.05) is 51.9 Å². The van der Waals surface area contributed by atoms with E-state index in [0.717, 1.165) is 25.7 Å². The van der Waals surface area contributed by atoms with Gasteiger partial charge in [0.2, 0.25) is 0 Å². The second kappa shape index (κ2) is 9.00. The predicted octanol–water partition coefficient (Wildman–Crippen LogP) is 4.01. The molecule has 0 bridgehead atoms. The maximum absolute atomic E-state index is 9.36. The van der Waals surface area contributed by atoms with Crippen LogP contribution >= 0.6 is 0 Å². The van der Waals surface area contributed by atoms with Crippen LogP contribution in [0.25, 0.3) is 0 Å². The highest BCUT2D eigenvalue weighted by Crippen LogP contribution is 2.21. The van der Waals surface area contributed by atoms with Crippen LogP contribution in [0.2, 0.25) is 0 Å². The molecule has 2 heteroatoms. The van der Waals surface area contributed by atoms with Gasteiger partial charge in [-0.3, -0.25) is 0 Å². The molecular formula is C14H28O2. The lowest BCUT2D eigenvalue weighted by atomic mass is 10.0. The molecule has 0 aromatic heterocycles. The van der Waals surface area contributed by atoms with E-state index in [9.17, 15) is 5.11 Å². The fourth-order valence-electron chi connectivity index (χ4n) is 2.42. The Morgan fingerprint density at radius 1 is 1.00 bits per heavy atom. The number of hydrogen-bond acceptors (Lipinski definition) is 2. The third-order valence-electron chi connectivity index (χ3n) is 3.46. The third kappa shape index (κ3) is 6.49. The number of rotatable bonds is 8. The zero-order valence-corrected chi connectivity index (χ0v) is 10.8. The van der Waals surface area contributed by atoms with E-state index in [4.69, 9.17) is 4.74 Å². The van der Waals surface area contributed by atoms with E-state index >= 15 is 0 Å². The van der Waals surface area contributed by atoms with Crippen LogP contribution in [0.3, 0.4) is 0 Å². The smallest absolute Gasteiger partial charge is 0.154 e. The Bertz CT molecular complexity index is 159. The molecule has 1 saturated heterocycles. The van der Waals surface area contributed by atoms with Crippen LogP contribution in [0, 0.1) is 0 Å². The molecule has 96 valence electrons. The maximum atomic E-state index is 9.36. The summed E-state index contributed by atoms with van der Waals surface area (Å²) in [5.41, 5.74) is 0. The number of hydrogen-bond donors (Lipinski definition) is 1. The van der Waals surface area contributed by atoms with Crippen molar-refractivity contribution in [3.05, 3.63) is 0 Å². The largest absolute Gasteiger partial charge is 0.368 e. The van der Waals surface area contributed by atoms with E-state index in [2.05, 4.69) is 6.92 Å². The van der Waals surface area contributed by atoms with Crippen molar-refractivity contribution in [1.29, 1.82) is 0 Å². The lowest BCUT2D eigenvalue weighted by Crippen LogP contribution is -2.27. The Morgan fingerprint density at radius 3 is 2.38 bits per heavy atom. The second-order valence-electron chi connectivity index (χ2n) is 5.05. The second-order valence-corrected chi connectivity index (χ2v) is 5.05. The van der Waals surface area contributed by atoms with Crippen LogP contribution < -0.4 is 0 Å². The molecule has 0 aliphatic carbocycles. The molecule has 0 aromatic carbocycles. The number of ether oxygens (including phenoxy) is 1. The Hall–Kier alpha value is -0.0800. The van der Waals surface area contributed by atoms with Gasteiger partial charge >= 0.3 is 0 Å². The molecule has 1 fully saturated rings. The molecule has 16 heavy (non-hydrogen) atoms. The molecule has 1 aliphatic heterocycles. The molecule has 1 heterocycles. The van der Waals surface area contributed by atoms with Gasteiger partial charge in [-0.05, 0) is 25.7 Å². The summed E-state index contributed by atoms with van der Waals surface area (Å²) < 4.78 is 5.49. The predicted molar refractivity (Wildman–Crippen MR) is 67.3 cm³/mol. The molecule has 0 saturated carbocycles. The van der Waals surface area contributed by atoms with Gasteiger partial charge in [0.15, 0.2) is 6.29 Å². The first kappa shape index (κ1) is 14.0. The van der Waals surface area contributed by atoms with Gasteiger partial charge in [0.25, 0.3) is 0 Å². The summed E-state index contributed by atoms with van der Waals surface area (Å²) in [5, 5.41) is 9.36. The SMILES string of the molecule is CCCCCCCCCC1CCCC(O)O1. The van der Waals surface area contributed by atoms with E-state index in [1.54, 1.807) is 0 Å². The number of aliphatic hydroxyl groups is 1. The first-order chi connectivity index (χ1) is 7.83. The molecule has 0 spiro atoms. The average Bonchev–Trinajstić information content (AvgIpc) is 2.28. The average molecular weight is 228 g/mol. The maximum Gasteiger partial charge on any atom is 0.154 e. The topological polar surface area (TPSA) is 29.5 Å². The minimum atomic E-state index is -0.483. The Morgan fingerprint density at radius 2 is 1.69 bits per heavy atom. The molecule has 2 atom stereocenters. The number of unbranched alkanes of at least 4 members (excludes halogenated alkanes) is 6. The summed E-state index contributed by atoms with van der Waals surface area (Å²) in [5.74, 6) is 0. The third-order valence-corrected chi connectivity index (χ3v) is 3.46. The molecule has 1 N–H and O–H groups in total. The fraction of sp³-hybridized carbons (Fsp3) is 1.00. The molecule has 0 aromatic rings. The van der Waals surface area contributed by atoms with Crippen LogP contribution in [0.5, 0.6) is 0 Å². The summed E-state index contributed by atoms with van der Waals surface area (Å²) in [7, 11) is 0. The highest BCUT2D eigenvalue weighted by molar-refractivity contribution is 4.65. The summed E-state index contributed by atoms with van der Waals surface area (Å²) in [4.78, 5) is 0. The van der Waals surface area contributed by atoms with Crippen molar-refractivity contribution >= 4 is 0 Å². The van der Waals surface area contributed by atoms with Gasteiger partial charge in [0.05, 0.1) is 6.10 Å². The van der Waals surface area contributed by atoms with E-state index in [1.807, 2.05) is 0 Å². The summed E-state index contributed by atoms with van der Waals surface area (Å²) in [6.07, 6.45) is 13.6. The van der Waals surface area contributed by atoms with Gasteiger partial charge in [0, 0.05) is 0 Å². The van der Waals surface area contributed by atoms with Crippen molar-refractivity contribution in [2.24, 2.45) is 0 Å². The van der Waals surface area contributed by atoms with E-state index in [0.29, 0.717) is 6.10 Å². The summed E-state index contributed by atoms with van der Waals surface area (Å²) in [6, 6.07) is 0. The normalized spacial score (nSPS) is 25.9. The van der Waals surface area contributed by atoms with Crippen molar-refractivity contribution in [3.63, 3.8) is 0 Å². The van der Waals surface area contributed by atoms with Crippen molar-refractivity contribution in [1.82, 2.24) is 0 Å². The van der Waals surface area contributed by atoms with Crippen molar-refractivity contribution in [2.45, 2.75) is 89.9 Å². The standard InChI is InChI=1S/C14H28O2/c1-2-3-4-5-6-7-8-10-13-11-9-12-14(15)16-13/h13-15H,2-12H2,1H3. The minimum absolute atomic E-state index is 0.333. The molecule has 0 amide bonds. The first-order valence-electron chi connectivity index (χ1n) is 7.16. The zero-order valence-electron chi connectivity index (χ0n) is 10.8. The molecular weight excluding hydrogens is 200 g/mol. The van der Waals surface area contributed by atoms with Crippen LogP contribution in [0.15, 0.2) is 0 Å². The van der Waals surface area contributed by atoms with Gasteiger partial charge in [-0.25, -0.2) is 0 Å². The lowest BCUT2D eigenvalue weighted by molar-refractivity contribution is -0.164. The van der Waals surface area contributed by atoms with E-state index in [1.165, 1.54) is 44.9 Å². The van der Waals surface area contributed by atoms with Crippen LogP contribution in [0.1, 0.15) is 77.6 Å². The van der Waals surface area contributed by atoms with E-state index < -0.39 is 6.29 Å². The fourth-order valence-corrected chi connectivity index (χ4v) is 2.42. The highest BCUT2D eigenvalue weighted by Gasteiger charge is 2.19. The Kier molecular flexibility index (Phi) is 7.87. The van der Waals surface area contributed by atoms with Crippen LogP contribution in [-0.4, -0.2) is 17.5 Å². The van der Waals surface area contributed by atoms with Gasteiger partial charge in [-0.15, -0.1) is 0 Å². The minimum Gasteiger partial charge on any atom is -0.368 e. The molecule has 2 unspecified atom stereocenters. The summed E-state index contributed by atoms with van der Waals surface area (Å²) in [6.45, 7) is 2.26. The Labute approximate surface area is 100 Å². The van der Waals surface area contributed by atoms with Gasteiger partial charge < -0.3 is 9.84 Å². The lowest BCUT2D eigenvalue weighted by Gasteiger charge is -2.26. The van der Waals surface area contributed by atoms with Crippen molar-refractivity contribution < 1.29 is 9.84 Å². The Balaban J connectivity index is 1.86. The summed E-state index contributed by atoms with van der Waals surface area (Å²) >= 11 is 0. The molecule has 1 rings (SSSR count).